The first-order chi connectivity index (χ1) is 24.2. The minimum Gasteiger partial charge on any atom is -0.435 e. The predicted molar refractivity (Wildman–Crippen MR) is 210 cm³/mol. The molecule has 0 fully saturated rings. The first-order valence-electron chi connectivity index (χ1n) is 16.7. The molecule has 3 aromatic heterocycles. The SMILES string of the molecule is C/C=C\C(=C/C)c1ccc2c(c1)sc1ccc3nc(-c4ccc(-n5c6cc7ccccc7cc6c6c7ccccc7ccc65)cc4)oc3c12. The van der Waals surface area contributed by atoms with E-state index < -0.39 is 0 Å². The molecule has 0 spiro atoms. The number of hydrogen-bond donors (Lipinski definition) is 0. The average molecular weight is 647 g/mol. The number of benzene rings is 7. The maximum Gasteiger partial charge on any atom is 0.227 e. The van der Waals surface area contributed by atoms with Gasteiger partial charge in [0.2, 0.25) is 5.89 Å². The monoisotopic (exact) mass is 646 g/mol. The van der Waals surface area contributed by atoms with Crippen molar-refractivity contribution in [1.82, 2.24) is 9.55 Å². The Morgan fingerprint density at radius 1 is 0.653 bits per heavy atom. The molecule has 3 heterocycles. The summed E-state index contributed by atoms with van der Waals surface area (Å²) in [5.41, 5.74) is 8.61. The van der Waals surface area contributed by atoms with Gasteiger partial charge in [-0.15, -0.1) is 11.3 Å². The molecule has 0 unspecified atom stereocenters. The van der Waals surface area contributed by atoms with Crippen LogP contribution in [-0.4, -0.2) is 9.55 Å². The van der Waals surface area contributed by atoms with E-state index >= 15 is 0 Å². The van der Waals surface area contributed by atoms with E-state index in [0.29, 0.717) is 5.89 Å². The molecule has 0 atom stereocenters. The second-order valence-corrected chi connectivity index (χ2v) is 13.7. The number of oxazole rings is 1. The van der Waals surface area contributed by atoms with Gasteiger partial charge in [-0.2, -0.15) is 0 Å². The standard InChI is InChI=1S/C45H30N2OS/c1-3-9-27(4-2)32-16-20-35-41(26-32)49-40-23-21-37-44(43(35)40)48-45(46-37)29-14-18-33(19-15-29)47-38-22-17-28-10-7-8-13-34(28)42(38)36-24-30-11-5-6-12-31(30)25-39(36)47/h3-26H,1-2H3/b9-3-,27-4+. The zero-order valence-electron chi connectivity index (χ0n) is 27.1. The summed E-state index contributed by atoms with van der Waals surface area (Å²) >= 11 is 1.80. The molecule has 0 radical (unpaired) electrons. The molecule has 7 aromatic carbocycles. The highest BCUT2D eigenvalue weighted by atomic mass is 32.1. The molecular formula is C45H30N2OS. The number of allylic oxidation sites excluding steroid dienone is 4. The lowest BCUT2D eigenvalue weighted by atomic mass is 10.0. The van der Waals surface area contributed by atoms with Crippen LogP contribution in [0.4, 0.5) is 0 Å². The molecule has 10 aromatic rings. The lowest BCUT2D eigenvalue weighted by Gasteiger charge is -2.09. The van der Waals surface area contributed by atoms with Crippen molar-refractivity contribution in [3.8, 4) is 17.1 Å². The topological polar surface area (TPSA) is 31.0 Å². The lowest BCUT2D eigenvalue weighted by molar-refractivity contribution is 0.623. The van der Waals surface area contributed by atoms with Gasteiger partial charge in [-0.1, -0.05) is 85.0 Å². The van der Waals surface area contributed by atoms with E-state index in [4.69, 9.17) is 9.40 Å². The summed E-state index contributed by atoms with van der Waals surface area (Å²) in [5, 5.41) is 9.88. The third kappa shape index (κ3) is 4.24. The van der Waals surface area contributed by atoms with Crippen LogP contribution in [0.5, 0.6) is 0 Å². The second-order valence-electron chi connectivity index (χ2n) is 12.6. The summed E-state index contributed by atoms with van der Waals surface area (Å²) in [6.07, 6.45) is 6.40. The number of thiophene rings is 1. The first-order valence-corrected chi connectivity index (χ1v) is 17.5. The number of aromatic nitrogens is 2. The molecule has 0 bridgehead atoms. The molecule has 10 rings (SSSR count). The quantitative estimate of drug-likeness (QED) is 0.178. The molecule has 232 valence electrons. The molecule has 0 aliphatic carbocycles. The van der Waals surface area contributed by atoms with Crippen molar-refractivity contribution in [3.05, 3.63) is 151 Å². The van der Waals surface area contributed by atoms with Gasteiger partial charge in [-0.05, 0) is 107 Å². The second kappa shape index (κ2) is 10.8. The third-order valence-electron chi connectivity index (χ3n) is 9.88. The van der Waals surface area contributed by atoms with Crippen LogP contribution >= 0.6 is 11.3 Å². The summed E-state index contributed by atoms with van der Waals surface area (Å²) in [5.74, 6) is 0.633. The van der Waals surface area contributed by atoms with Crippen molar-refractivity contribution in [2.24, 2.45) is 0 Å². The van der Waals surface area contributed by atoms with Crippen molar-refractivity contribution in [2.45, 2.75) is 13.8 Å². The van der Waals surface area contributed by atoms with Crippen molar-refractivity contribution in [1.29, 1.82) is 0 Å². The number of rotatable bonds is 4. The third-order valence-corrected chi connectivity index (χ3v) is 11.0. The van der Waals surface area contributed by atoms with E-state index in [1.165, 1.54) is 69.3 Å². The van der Waals surface area contributed by atoms with Gasteiger partial charge in [0.05, 0.1) is 11.0 Å². The van der Waals surface area contributed by atoms with Crippen LogP contribution in [0.15, 0.2) is 150 Å². The van der Waals surface area contributed by atoms with E-state index in [0.717, 1.165) is 27.7 Å². The predicted octanol–water partition coefficient (Wildman–Crippen LogP) is 13.2. The fourth-order valence-corrected chi connectivity index (χ4v) is 8.74. The van der Waals surface area contributed by atoms with Gasteiger partial charge in [-0.3, -0.25) is 0 Å². The Morgan fingerprint density at radius 3 is 2.27 bits per heavy atom. The number of hydrogen-bond acceptors (Lipinski definition) is 3. The summed E-state index contributed by atoms with van der Waals surface area (Å²) in [7, 11) is 0. The highest BCUT2D eigenvalue weighted by Gasteiger charge is 2.18. The van der Waals surface area contributed by atoms with Gasteiger partial charge in [-0.25, -0.2) is 4.98 Å². The normalized spacial score (nSPS) is 12.7. The van der Waals surface area contributed by atoms with Gasteiger partial charge in [0.15, 0.2) is 5.58 Å². The van der Waals surface area contributed by atoms with Gasteiger partial charge in [0.25, 0.3) is 0 Å². The number of nitrogens with zero attached hydrogens (tertiary/aromatic N) is 2. The summed E-state index contributed by atoms with van der Waals surface area (Å²) in [6, 6.07) is 46.1. The average Bonchev–Trinajstić information content (AvgIpc) is 3.84. The van der Waals surface area contributed by atoms with E-state index in [1.54, 1.807) is 11.3 Å². The lowest BCUT2D eigenvalue weighted by Crippen LogP contribution is -1.94. The molecule has 0 N–H and O–H groups in total. The molecule has 0 saturated carbocycles. The Hall–Kier alpha value is -5.97. The van der Waals surface area contributed by atoms with E-state index in [9.17, 15) is 0 Å². The van der Waals surface area contributed by atoms with Gasteiger partial charge in [0, 0.05) is 42.2 Å². The van der Waals surface area contributed by atoms with Crippen molar-refractivity contribution < 1.29 is 4.42 Å². The fraction of sp³-hybridized carbons (Fsp3) is 0.0444. The summed E-state index contributed by atoms with van der Waals surface area (Å²) < 4.78 is 11.5. The fourth-order valence-electron chi connectivity index (χ4n) is 7.59. The molecular weight excluding hydrogens is 617 g/mol. The molecule has 0 amide bonds. The maximum atomic E-state index is 6.60. The molecule has 3 nitrogen and oxygen atoms in total. The van der Waals surface area contributed by atoms with Crippen LogP contribution in [0.1, 0.15) is 19.4 Å². The molecule has 0 saturated heterocycles. The zero-order valence-corrected chi connectivity index (χ0v) is 27.9. The molecule has 0 aliphatic heterocycles. The minimum absolute atomic E-state index is 0.633. The summed E-state index contributed by atoms with van der Waals surface area (Å²) in [6.45, 7) is 4.14. The Labute approximate surface area is 286 Å². The van der Waals surface area contributed by atoms with Gasteiger partial charge >= 0.3 is 0 Å². The van der Waals surface area contributed by atoms with Crippen molar-refractivity contribution >= 4 is 91.5 Å². The largest absolute Gasteiger partial charge is 0.435 e. The smallest absolute Gasteiger partial charge is 0.227 e. The van der Waals surface area contributed by atoms with Crippen LogP contribution in [0, 0.1) is 0 Å². The zero-order chi connectivity index (χ0) is 32.6. The van der Waals surface area contributed by atoms with Crippen molar-refractivity contribution in [3.63, 3.8) is 0 Å². The minimum atomic E-state index is 0.633. The van der Waals surface area contributed by atoms with Crippen LogP contribution in [-0.2, 0) is 0 Å². The Balaban J connectivity index is 1.11. The molecule has 49 heavy (non-hydrogen) atoms. The van der Waals surface area contributed by atoms with E-state index in [1.807, 2.05) is 0 Å². The summed E-state index contributed by atoms with van der Waals surface area (Å²) in [4.78, 5) is 4.98. The van der Waals surface area contributed by atoms with Crippen molar-refractivity contribution in [2.75, 3.05) is 0 Å². The first kappa shape index (κ1) is 28.1. The Morgan fingerprint density at radius 2 is 1.45 bits per heavy atom. The highest BCUT2D eigenvalue weighted by molar-refractivity contribution is 7.26. The Bertz CT molecular complexity index is 3010. The molecule has 0 aliphatic rings. The van der Waals surface area contributed by atoms with E-state index in [2.05, 4.69) is 164 Å². The van der Waals surface area contributed by atoms with Crippen LogP contribution < -0.4 is 0 Å². The van der Waals surface area contributed by atoms with E-state index in [-0.39, 0.29) is 0 Å². The molecule has 4 heteroatoms. The Kier molecular flexibility index (Phi) is 6.18. The van der Waals surface area contributed by atoms with Crippen LogP contribution in [0.2, 0.25) is 0 Å². The van der Waals surface area contributed by atoms with Crippen LogP contribution in [0.3, 0.4) is 0 Å². The van der Waals surface area contributed by atoms with Crippen LogP contribution in [0.25, 0.3) is 97.3 Å². The highest BCUT2D eigenvalue weighted by Crippen LogP contribution is 2.42. The maximum absolute atomic E-state index is 6.60. The number of fused-ring (bicyclic) bond motifs is 11. The van der Waals surface area contributed by atoms with Gasteiger partial charge in [0.1, 0.15) is 5.52 Å². The van der Waals surface area contributed by atoms with Gasteiger partial charge < -0.3 is 8.98 Å².